The average molecular weight is 792 g/mol. The number of phosphoric acid groups is 1. The number of nitrogens with two attached hydrogens (primary N) is 1. The lowest BCUT2D eigenvalue weighted by atomic mass is 10.1. The van der Waals surface area contributed by atoms with Crippen molar-refractivity contribution in [1.82, 2.24) is 0 Å². The van der Waals surface area contributed by atoms with E-state index in [4.69, 9.17) is 24.8 Å². The topological polar surface area (TPSA) is 155 Å². The number of carboxylic acids is 1. The number of carbonyl (C=O) groups excluding carboxylic acids is 1. The number of rotatable bonds is 38. The lowest BCUT2D eigenvalue weighted by Gasteiger charge is -2.20. The molecule has 3 atom stereocenters. The summed E-state index contributed by atoms with van der Waals surface area (Å²) in [6, 6.07) is -1.49. The molecule has 11 heteroatoms. The summed E-state index contributed by atoms with van der Waals surface area (Å²) >= 11 is 0. The van der Waals surface area contributed by atoms with E-state index in [0.717, 1.165) is 89.9 Å². The molecule has 0 aromatic rings. The number of carboxylic acid groups (broad SMARTS) is 1. The molecule has 0 bridgehead atoms. The van der Waals surface area contributed by atoms with Gasteiger partial charge in [-0.15, -0.1) is 0 Å². The molecule has 4 N–H and O–H groups in total. The molecule has 0 fully saturated rings. The van der Waals surface area contributed by atoms with E-state index in [0.29, 0.717) is 13.0 Å². The minimum absolute atomic E-state index is 0.0315. The molecule has 0 radical (unpaired) electrons. The van der Waals surface area contributed by atoms with Gasteiger partial charge in [-0.1, -0.05) is 137 Å². The fourth-order valence-electron chi connectivity index (χ4n) is 4.97. The number of allylic oxidation sites excluding steroid dienone is 14. The lowest BCUT2D eigenvalue weighted by molar-refractivity contribution is -0.154. The van der Waals surface area contributed by atoms with Crippen LogP contribution in [-0.2, 0) is 32.7 Å². The zero-order valence-corrected chi connectivity index (χ0v) is 34.9. The van der Waals surface area contributed by atoms with Crippen LogP contribution in [0.25, 0.3) is 0 Å². The molecule has 10 nitrogen and oxygen atoms in total. The summed E-state index contributed by atoms with van der Waals surface area (Å²) in [5.41, 5.74) is 5.34. The first-order valence-corrected chi connectivity index (χ1v) is 22.1. The fraction of sp³-hybridized carbons (Fsp3) is 0.636. The van der Waals surface area contributed by atoms with Crippen LogP contribution in [0.15, 0.2) is 85.1 Å². The minimum Gasteiger partial charge on any atom is -0.480 e. The van der Waals surface area contributed by atoms with Crippen LogP contribution in [0.1, 0.15) is 142 Å². The number of hydrogen-bond donors (Lipinski definition) is 3. The van der Waals surface area contributed by atoms with Crippen molar-refractivity contribution in [2.75, 3.05) is 26.4 Å². The zero-order valence-electron chi connectivity index (χ0n) is 34.0. The molecule has 314 valence electrons. The number of aliphatic carboxylic acids is 1. The zero-order chi connectivity index (χ0) is 40.5. The molecule has 0 aliphatic heterocycles. The Bertz CT molecular complexity index is 1190. The molecule has 0 aromatic carbocycles. The number of carbonyl (C=O) groups is 2. The van der Waals surface area contributed by atoms with Crippen LogP contribution >= 0.6 is 7.82 Å². The summed E-state index contributed by atoms with van der Waals surface area (Å²) in [5, 5.41) is 8.88. The molecule has 0 saturated heterocycles. The van der Waals surface area contributed by atoms with E-state index in [2.05, 4.69) is 103 Å². The third-order valence-electron chi connectivity index (χ3n) is 8.16. The van der Waals surface area contributed by atoms with Gasteiger partial charge in [-0.3, -0.25) is 18.6 Å². The second-order valence-corrected chi connectivity index (χ2v) is 14.8. The third-order valence-corrected chi connectivity index (χ3v) is 9.11. The number of hydrogen-bond acceptors (Lipinski definition) is 8. The summed E-state index contributed by atoms with van der Waals surface area (Å²) in [6.45, 7) is 3.56. The van der Waals surface area contributed by atoms with E-state index >= 15 is 0 Å². The summed E-state index contributed by atoms with van der Waals surface area (Å²) in [4.78, 5) is 33.4. The van der Waals surface area contributed by atoms with Gasteiger partial charge in [0.15, 0.2) is 0 Å². The molecule has 0 spiro atoms. The summed E-state index contributed by atoms with van der Waals surface area (Å²) in [5.74, 6) is -1.82. The summed E-state index contributed by atoms with van der Waals surface area (Å²) < 4.78 is 33.2. The fourth-order valence-corrected chi connectivity index (χ4v) is 5.74. The van der Waals surface area contributed by atoms with Crippen molar-refractivity contribution in [2.24, 2.45) is 5.73 Å². The first-order chi connectivity index (χ1) is 26.7. The van der Waals surface area contributed by atoms with Crippen LogP contribution in [0.2, 0.25) is 0 Å². The molecule has 55 heavy (non-hydrogen) atoms. The highest BCUT2D eigenvalue weighted by atomic mass is 31.2. The molecule has 0 saturated carbocycles. The van der Waals surface area contributed by atoms with Crippen molar-refractivity contribution in [3.8, 4) is 0 Å². The van der Waals surface area contributed by atoms with E-state index in [9.17, 15) is 19.0 Å². The highest BCUT2D eigenvalue weighted by molar-refractivity contribution is 7.47. The SMILES string of the molecule is CC/C=C\C/C=C\C/C=C\C/C=C\C/C=C\C/C=C\CCCOCC(COP(=O)(O)OCC(N)C(=O)O)OC(=O)CCCCCCC/C=C\CCCCCC. The van der Waals surface area contributed by atoms with Gasteiger partial charge in [0.05, 0.1) is 19.8 Å². The maximum Gasteiger partial charge on any atom is 0.472 e. The number of ether oxygens (including phenoxy) is 2. The van der Waals surface area contributed by atoms with Gasteiger partial charge in [-0.2, -0.15) is 0 Å². The standard InChI is InChI=1S/C44H74NO9P/c1-3-5-7-9-11-13-15-17-18-19-20-21-22-23-25-27-29-31-33-35-37-51-38-41(39-52-55(49,50)53-40-42(45)44(47)48)54-43(46)36-34-32-30-28-26-24-16-14-12-10-8-6-4-2/h5,7,11,13-14,16-18,20-21,23,25,29,31,41-42H,3-4,6,8-10,12,15,19,22,24,26-28,30,32-40,45H2,1-2H3,(H,47,48)(H,49,50)/b7-5-,13-11-,16-14-,18-17-,21-20-,25-23-,31-29-. The average Bonchev–Trinajstić information content (AvgIpc) is 3.16. The second-order valence-electron chi connectivity index (χ2n) is 13.4. The van der Waals surface area contributed by atoms with Gasteiger partial charge >= 0.3 is 19.8 Å². The molecule has 3 unspecified atom stereocenters. The molecule has 0 heterocycles. The van der Waals surface area contributed by atoms with Crippen molar-refractivity contribution in [3.05, 3.63) is 85.1 Å². The molecular formula is C44H74NO9P. The number of unbranched alkanes of at least 4 members (excludes halogenated alkanes) is 10. The molecular weight excluding hydrogens is 717 g/mol. The smallest absolute Gasteiger partial charge is 0.472 e. The van der Waals surface area contributed by atoms with Crippen molar-refractivity contribution < 1.29 is 42.7 Å². The van der Waals surface area contributed by atoms with Gasteiger partial charge < -0.3 is 25.2 Å². The van der Waals surface area contributed by atoms with E-state index < -0.39 is 45.1 Å². The van der Waals surface area contributed by atoms with Crippen LogP contribution < -0.4 is 5.73 Å². The van der Waals surface area contributed by atoms with Crippen LogP contribution in [0.3, 0.4) is 0 Å². The van der Waals surface area contributed by atoms with Gasteiger partial charge in [0.1, 0.15) is 12.1 Å². The van der Waals surface area contributed by atoms with Gasteiger partial charge in [0.2, 0.25) is 0 Å². The van der Waals surface area contributed by atoms with E-state index in [1.54, 1.807) is 0 Å². The Morgan fingerprint density at radius 3 is 1.60 bits per heavy atom. The molecule has 0 rings (SSSR count). The molecule has 0 aliphatic rings. The van der Waals surface area contributed by atoms with Gasteiger partial charge in [0, 0.05) is 13.0 Å². The summed E-state index contributed by atoms with van der Waals surface area (Å²) in [6.07, 6.45) is 49.3. The minimum atomic E-state index is -4.64. The predicted molar refractivity (Wildman–Crippen MR) is 226 cm³/mol. The third kappa shape index (κ3) is 39.2. The van der Waals surface area contributed by atoms with Crippen molar-refractivity contribution >= 4 is 19.8 Å². The molecule has 0 aromatic heterocycles. The largest absolute Gasteiger partial charge is 0.480 e. The normalized spacial score (nSPS) is 14.8. The van der Waals surface area contributed by atoms with Crippen molar-refractivity contribution in [1.29, 1.82) is 0 Å². The van der Waals surface area contributed by atoms with E-state index in [1.165, 1.54) is 25.7 Å². The Balaban J connectivity index is 4.40. The number of phosphoric ester groups is 1. The second kappa shape index (κ2) is 39.4. The number of esters is 1. The maximum atomic E-state index is 12.6. The van der Waals surface area contributed by atoms with E-state index in [-0.39, 0.29) is 13.0 Å². The van der Waals surface area contributed by atoms with Crippen LogP contribution in [0.5, 0.6) is 0 Å². The Hall–Kier alpha value is -2.85. The van der Waals surface area contributed by atoms with Crippen molar-refractivity contribution in [2.45, 2.75) is 154 Å². The van der Waals surface area contributed by atoms with Crippen LogP contribution in [0, 0.1) is 0 Å². The Labute approximate surface area is 333 Å². The van der Waals surface area contributed by atoms with Crippen molar-refractivity contribution in [3.63, 3.8) is 0 Å². The lowest BCUT2D eigenvalue weighted by Crippen LogP contribution is -2.34. The molecule has 0 amide bonds. The first kappa shape index (κ1) is 52.2. The predicted octanol–water partition coefficient (Wildman–Crippen LogP) is 11.2. The van der Waals surface area contributed by atoms with E-state index in [1.807, 2.05) is 0 Å². The summed E-state index contributed by atoms with van der Waals surface area (Å²) in [7, 11) is -4.64. The highest BCUT2D eigenvalue weighted by Crippen LogP contribution is 2.43. The maximum absolute atomic E-state index is 12.6. The monoisotopic (exact) mass is 792 g/mol. The Morgan fingerprint density at radius 1 is 0.600 bits per heavy atom. The van der Waals surface area contributed by atoms with Gasteiger partial charge in [-0.05, 0) is 83.5 Å². The van der Waals surface area contributed by atoms with Gasteiger partial charge in [-0.25, -0.2) is 4.57 Å². The van der Waals surface area contributed by atoms with Crippen LogP contribution in [0.4, 0.5) is 0 Å². The highest BCUT2D eigenvalue weighted by Gasteiger charge is 2.27. The Morgan fingerprint density at radius 2 is 1.05 bits per heavy atom. The Kier molecular flexibility index (Phi) is 37.3. The quantitative estimate of drug-likeness (QED) is 0.0238. The van der Waals surface area contributed by atoms with Gasteiger partial charge in [0.25, 0.3) is 0 Å². The first-order valence-electron chi connectivity index (χ1n) is 20.6. The van der Waals surface area contributed by atoms with Crippen LogP contribution in [-0.4, -0.2) is 60.5 Å². The molecule has 0 aliphatic carbocycles.